The minimum atomic E-state index is -4.02. The molecule has 0 aliphatic carbocycles. The number of carbonyl (C=O) groups excluding carboxylic acids is 2. The Kier molecular flexibility index (Phi) is 8.37. The van der Waals surface area contributed by atoms with Crippen LogP contribution < -0.4 is 20.1 Å². The van der Waals surface area contributed by atoms with Gasteiger partial charge in [0.05, 0.1) is 17.6 Å². The lowest BCUT2D eigenvalue weighted by Crippen LogP contribution is -2.48. The predicted molar refractivity (Wildman–Crippen MR) is 128 cm³/mol. The number of rotatable bonds is 7. The molecular formula is C23H30ClN3O5S. The number of hydrogen-bond acceptors (Lipinski definition) is 5. The predicted octanol–water partition coefficient (Wildman–Crippen LogP) is 4.06. The molecule has 2 rings (SSSR count). The number of benzene rings is 2. The van der Waals surface area contributed by atoms with Crippen LogP contribution in [0.1, 0.15) is 56.5 Å². The van der Waals surface area contributed by atoms with E-state index in [-0.39, 0.29) is 22.8 Å². The van der Waals surface area contributed by atoms with Crippen molar-refractivity contribution in [3.63, 3.8) is 0 Å². The number of halogens is 1. The third-order valence-electron chi connectivity index (χ3n) is 4.95. The van der Waals surface area contributed by atoms with Crippen LogP contribution in [-0.4, -0.2) is 39.0 Å². The summed E-state index contributed by atoms with van der Waals surface area (Å²) in [6, 6.07) is 9.88. The summed E-state index contributed by atoms with van der Waals surface area (Å²) >= 11 is 6.01. The molecular weight excluding hydrogens is 466 g/mol. The highest BCUT2D eigenvalue weighted by atomic mass is 35.5. The zero-order chi connectivity index (χ0) is 25.0. The van der Waals surface area contributed by atoms with E-state index in [1.807, 2.05) is 18.6 Å². The van der Waals surface area contributed by atoms with Crippen LogP contribution in [0.5, 0.6) is 5.75 Å². The van der Waals surface area contributed by atoms with Crippen molar-refractivity contribution >= 4 is 33.6 Å². The summed E-state index contributed by atoms with van der Waals surface area (Å²) < 4.78 is 32.2. The maximum Gasteiger partial charge on any atom is 0.329 e. The molecule has 0 aliphatic heterocycles. The minimum absolute atomic E-state index is 0.0390. The standard InChI is InChI=1S/C23H30ClN3O5S/c1-14(15(2)25-21(28)19-13-17(24)9-12-20(19)32-6)16-7-10-18(11-8-16)33(30,31)27-22(29)26-23(3,4)5/h7-15H,1-6H3,(H,25,28)(H2,26,27,29)/t14-,15-/m1/s1. The molecule has 0 spiro atoms. The van der Waals surface area contributed by atoms with E-state index in [0.29, 0.717) is 16.3 Å². The van der Waals surface area contributed by atoms with E-state index in [0.717, 1.165) is 5.56 Å². The molecule has 10 heteroatoms. The van der Waals surface area contributed by atoms with E-state index in [1.54, 1.807) is 45.0 Å². The van der Waals surface area contributed by atoms with Gasteiger partial charge in [0.2, 0.25) is 0 Å². The van der Waals surface area contributed by atoms with Crippen LogP contribution in [0.2, 0.25) is 5.02 Å². The van der Waals surface area contributed by atoms with Crippen LogP contribution in [0.25, 0.3) is 0 Å². The summed E-state index contributed by atoms with van der Waals surface area (Å²) in [4.78, 5) is 24.6. The van der Waals surface area contributed by atoms with E-state index in [9.17, 15) is 18.0 Å². The van der Waals surface area contributed by atoms with Gasteiger partial charge in [0.1, 0.15) is 5.75 Å². The zero-order valence-corrected chi connectivity index (χ0v) is 21.1. The van der Waals surface area contributed by atoms with Crippen molar-refractivity contribution in [2.75, 3.05) is 7.11 Å². The van der Waals surface area contributed by atoms with Gasteiger partial charge in [0.15, 0.2) is 0 Å². The fraction of sp³-hybridized carbons (Fsp3) is 0.391. The molecule has 0 saturated heterocycles. The molecule has 180 valence electrons. The van der Waals surface area contributed by atoms with Crippen molar-refractivity contribution in [1.82, 2.24) is 15.4 Å². The summed E-state index contributed by atoms with van der Waals surface area (Å²) in [7, 11) is -2.54. The first-order chi connectivity index (χ1) is 15.2. The topological polar surface area (TPSA) is 114 Å². The Morgan fingerprint density at radius 2 is 1.64 bits per heavy atom. The SMILES string of the molecule is COc1ccc(Cl)cc1C(=O)N[C@H](C)[C@@H](C)c1ccc(S(=O)(=O)NC(=O)NC(C)(C)C)cc1. The van der Waals surface area contributed by atoms with Crippen molar-refractivity contribution in [2.24, 2.45) is 0 Å². The van der Waals surface area contributed by atoms with E-state index >= 15 is 0 Å². The monoisotopic (exact) mass is 495 g/mol. The summed E-state index contributed by atoms with van der Waals surface area (Å²) in [6.07, 6.45) is 0. The van der Waals surface area contributed by atoms with E-state index in [1.165, 1.54) is 25.3 Å². The molecule has 3 N–H and O–H groups in total. The molecule has 0 saturated carbocycles. The Balaban J connectivity index is 2.10. The van der Waals surface area contributed by atoms with Crippen LogP contribution in [0.3, 0.4) is 0 Å². The van der Waals surface area contributed by atoms with Gasteiger partial charge < -0.3 is 15.4 Å². The van der Waals surface area contributed by atoms with Crippen LogP contribution in [0.15, 0.2) is 47.4 Å². The number of carbonyl (C=O) groups is 2. The average Bonchev–Trinajstić information content (AvgIpc) is 2.71. The van der Waals surface area contributed by atoms with Crippen LogP contribution in [0, 0.1) is 0 Å². The lowest BCUT2D eigenvalue weighted by Gasteiger charge is -2.23. The van der Waals surface area contributed by atoms with Crippen LogP contribution in [0.4, 0.5) is 4.79 Å². The second-order valence-electron chi connectivity index (χ2n) is 8.77. The number of urea groups is 1. The molecule has 0 bridgehead atoms. The quantitative estimate of drug-likeness (QED) is 0.536. The summed E-state index contributed by atoms with van der Waals surface area (Å²) in [5, 5.41) is 5.89. The van der Waals surface area contributed by atoms with Crippen LogP contribution in [-0.2, 0) is 10.0 Å². The van der Waals surface area contributed by atoms with Gasteiger partial charge in [-0.25, -0.2) is 17.9 Å². The second kappa shape index (κ2) is 10.4. The average molecular weight is 496 g/mol. The molecule has 8 nitrogen and oxygen atoms in total. The Labute approximate surface area is 200 Å². The minimum Gasteiger partial charge on any atom is -0.496 e. The smallest absolute Gasteiger partial charge is 0.329 e. The van der Waals surface area contributed by atoms with E-state index < -0.39 is 21.6 Å². The number of hydrogen-bond donors (Lipinski definition) is 3. The third-order valence-corrected chi connectivity index (χ3v) is 6.53. The first kappa shape index (κ1) is 26.5. The number of amides is 3. The van der Waals surface area contributed by atoms with E-state index in [4.69, 9.17) is 16.3 Å². The second-order valence-corrected chi connectivity index (χ2v) is 10.9. The van der Waals surface area contributed by atoms with Gasteiger partial charge >= 0.3 is 6.03 Å². The Bertz CT molecular complexity index is 1110. The van der Waals surface area contributed by atoms with Gasteiger partial charge in [-0.2, -0.15) is 0 Å². The molecule has 0 radical (unpaired) electrons. The largest absolute Gasteiger partial charge is 0.496 e. The Morgan fingerprint density at radius 1 is 1.03 bits per heavy atom. The molecule has 2 aromatic carbocycles. The molecule has 0 aromatic heterocycles. The fourth-order valence-corrected chi connectivity index (χ4v) is 4.13. The van der Waals surface area contributed by atoms with Gasteiger partial charge in [-0.1, -0.05) is 30.7 Å². The highest BCUT2D eigenvalue weighted by Gasteiger charge is 2.23. The molecule has 2 aromatic rings. The van der Waals surface area contributed by atoms with Gasteiger partial charge in [0.25, 0.3) is 15.9 Å². The van der Waals surface area contributed by atoms with Gasteiger partial charge in [-0.15, -0.1) is 0 Å². The van der Waals surface area contributed by atoms with Crippen molar-refractivity contribution < 1.29 is 22.7 Å². The fourth-order valence-electron chi connectivity index (χ4n) is 3.05. The molecule has 0 fully saturated rings. The van der Waals surface area contributed by atoms with Gasteiger partial charge in [-0.3, -0.25) is 4.79 Å². The lowest BCUT2D eigenvalue weighted by atomic mass is 9.94. The van der Waals surface area contributed by atoms with E-state index in [2.05, 4.69) is 10.6 Å². The maximum atomic E-state index is 12.7. The highest BCUT2D eigenvalue weighted by molar-refractivity contribution is 7.90. The molecule has 2 atom stereocenters. The normalized spacial score (nSPS) is 13.5. The maximum absolute atomic E-state index is 12.7. The van der Waals surface area contributed by atoms with Crippen molar-refractivity contribution in [3.05, 3.63) is 58.6 Å². The molecule has 0 heterocycles. The molecule has 33 heavy (non-hydrogen) atoms. The number of sulfonamides is 1. The Hall–Kier alpha value is -2.78. The first-order valence-corrected chi connectivity index (χ1v) is 12.2. The summed E-state index contributed by atoms with van der Waals surface area (Å²) in [5.41, 5.74) is 0.568. The Morgan fingerprint density at radius 3 is 2.18 bits per heavy atom. The summed E-state index contributed by atoms with van der Waals surface area (Å²) in [6.45, 7) is 9.01. The summed E-state index contributed by atoms with van der Waals surface area (Å²) in [5.74, 6) is -0.0516. The highest BCUT2D eigenvalue weighted by Crippen LogP contribution is 2.25. The molecule has 0 unspecified atom stereocenters. The van der Waals surface area contributed by atoms with Crippen molar-refractivity contribution in [1.29, 1.82) is 0 Å². The number of ether oxygens (including phenoxy) is 1. The number of nitrogens with one attached hydrogen (secondary N) is 3. The molecule has 3 amide bonds. The zero-order valence-electron chi connectivity index (χ0n) is 19.5. The van der Waals surface area contributed by atoms with Crippen molar-refractivity contribution in [2.45, 2.75) is 57.0 Å². The van der Waals surface area contributed by atoms with Crippen LogP contribution >= 0.6 is 11.6 Å². The lowest BCUT2D eigenvalue weighted by molar-refractivity contribution is 0.0932. The van der Waals surface area contributed by atoms with Crippen molar-refractivity contribution in [3.8, 4) is 5.75 Å². The number of methoxy groups -OCH3 is 1. The van der Waals surface area contributed by atoms with Gasteiger partial charge in [-0.05, 0) is 63.6 Å². The first-order valence-electron chi connectivity index (χ1n) is 10.3. The molecule has 0 aliphatic rings. The third kappa shape index (κ3) is 7.36. The van der Waals surface area contributed by atoms with Gasteiger partial charge in [0, 0.05) is 22.5 Å².